The molecule has 0 radical (unpaired) electrons. The zero-order valence-electron chi connectivity index (χ0n) is 12.3. The molecule has 0 amide bonds. The number of hydrogen-bond donors (Lipinski definition) is 2. The third kappa shape index (κ3) is 12.2. The molecule has 2 nitrogen and oxygen atoms in total. The van der Waals surface area contributed by atoms with Gasteiger partial charge in [-0.1, -0.05) is 52.9 Å². The average Bonchev–Trinajstić information content (AvgIpc) is 2.31. The molecule has 0 aromatic heterocycles. The SMILES string of the molecule is CCC(CN)CCNCCCCCCC(C)C. The Kier molecular flexibility index (Phi) is 12.3. The molecule has 0 saturated carbocycles. The van der Waals surface area contributed by atoms with Gasteiger partial charge in [-0.05, 0) is 44.3 Å². The third-order valence-electron chi connectivity index (χ3n) is 3.53. The highest BCUT2D eigenvalue weighted by Gasteiger charge is 2.02. The second-order valence-corrected chi connectivity index (χ2v) is 5.65. The van der Waals surface area contributed by atoms with Crippen LogP contribution in [0.2, 0.25) is 0 Å². The summed E-state index contributed by atoms with van der Waals surface area (Å²) in [6.45, 7) is 10.0. The molecular weight excluding hydrogens is 208 g/mol. The van der Waals surface area contributed by atoms with Crippen molar-refractivity contribution in [2.24, 2.45) is 17.6 Å². The van der Waals surface area contributed by atoms with Crippen LogP contribution in [0.5, 0.6) is 0 Å². The van der Waals surface area contributed by atoms with Crippen LogP contribution in [-0.4, -0.2) is 19.6 Å². The Morgan fingerprint density at radius 3 is 2.24 bits per heavy atom. The molecule has 0 aromatic rings. The second-order valence-electron chi connectivity index (χ2n) is 5.65. The van der Waals surface area contributed by atoms with Crippen LogP contribution in [0.15, 0.2) is 0 Å². The van der Waals surface area contributed by atoms with Gasteiger partial charge >= 0.3 is 0 Å². The Balaban J connectivity index is 3.08. The summed E-state index contributed by atoms with van der Waals surface area (Å²) in [6, 6.07) is 0. The van der Waals surface area contributed by atoms with Gasteiger partial charge in [0.15, 0.2) is 0 Å². The topological polar surface area (TPSA) is 38.0 Å². The van der Waals surface area contributed by atoms with Crippen molar-refractivity contribution in [2.75, 3.05) is 19.6 Å². The van der Waals surface area contributed by atoms with E-state index in [4.69, 9.17) is 5.73 Å². The van der Waals surface area contributed by atoms with E-state index in [1.165, 1.54) is 51.5 Å². The number of hydrogen-bond acceptors (Lipinski definition) is 2. The minimum Gasteiger partial charge on any atom is -0.330 e. The minimum absolute atomic E-state index is 0.716. The van der Waals surface area contributed by atoms with Crippen LogP contribution < -0.4 is 11.1 Å². The fraction of sp³-hybridized carbons (Fsp3) is 1.00. The van der Waals surface area contributed by atoms with E-state index >= 15 is 0 Å². The van der Waals surface area contributed by atoms with Crippen LogP contribution in [0.4, 0.5) is 0 Å². The van der Waals surface area contributed by atoms with Gasteiger partial charge in [-0.15, -0.1) is 0 Å². The van der Waals surface area contributed by atoms with Gasteiger partial charge in [0.05, 0.1) is 0 Å². The molecule has 0 fully saturated rings. The summed E-state index contributed by atoms with van der Waals surface area (Å²) >= 11 is 0. The molecule has 17 heavy (non-hydrogen) atoms. The van der Waals surface area contributed by atoms with E-state index in [-0.39, 0.29) is 0 Å². The lowest BCUT2D eigenvalue weighted by Gasteiger charge is -2.12. The summed E-state index contributed by atoms with van der Waals surface area (Å²) in [6.07, 6.45) is 9.37. The first kappa shape index (κ1) is 16.9. The average molecular weight is 242 g/mol. The van der Waals surface area contributed by atoms with Gasteiger partial charge in [0.2, 0.25) is 0 Å². The van der Waals surface area contributed by atoms with Crippen LogP contribution in [0, 0.1) is 11.8 Å². The monoisotopic (exact) mass is 242 g/mol. The third-order valence-corrected chi connectivity index (χ3v) is 3.53. The Morgan fingerprint density at radius 1 is 0.941 bits per heavy atom. The van der Waals surface area contributed by atoms with Crippen molar-refractivity contribution >= 4 is 0 Å². The molecule has 3 N–H and O–H groups in total. The van der Waals surface area contributed by atoms with Crippen LogP contribution in [0.1, 0.15) is 65.7 Å². The summed E-state index contributed by atoms with van der Waals surface area (Å²) < 4.78 is 0. The lowest BCUT2D eigenvalue weighted by Crippen LogP contribution is -2.22. The smallest absolute Gasteiger partial charge is 0.00458 e. The van der Waals surface area contributed by atoms with Crippen LogP contribution in [-0.2, 0) is 0 Å². The van der Waals surface area contributed by atoms with Crippen LogP contribution in [0.3, 0.4) is 0 Å². The fourth-order valence-electron chi connectivity index (χ4n) is 2.08. The fourth-order valence-corrected chi connectivity index (χ4v) is 2.08. The van der Waals surface area contributed by atoms with E-state index in [2.05, 4.69) is 26.1 Å². The van der Waals surface area contributed by atoms with Crippen molar-refractivity contribution in [3.05, 3.63) is 0 Å². The van der Waals surface area contributed by atoms with Crippen molar-refractivity contribution in [3.8, 4) is 0 Å². The number of unbranched alkanes of at least 4 members (excludes halogenated alkanes) is 3. The molecule has 1 unspecified atom stereocenters. The maximum absolute atomic E-state index is 5.68. The molecule has 0 aliphatic rings. The standard InChI is InChI=1S/C15H34N2/c1-4-15(13-16)10-12-17-11-8-6-5-7-9-14(2)3/h14-15,17H,4-13,16H2,1-3H3. The van der Waals surface area contributed by atoms with Crippen LogP contribution >= 0.6 is 0 Å². The first-order valence-corrected chi connectivity index (χ1v) is 7.61. The molecule has 0 aliphatic carbocycles. The Bertz CT molecular complexity index is 142. The van der Waals surface area contributed by atoms with Gasteiger partial charge in [-0.25, -0.2) is 0 Å². The highest BCUT2D eigenvalue weighted by Crippen LogP contribution is 2.09. The van der Waals surface area contributed by atoms with E-state index in [1.807, 2.05) is 0 Å². The van der Waals surface area contributed by atoms with E-state index in [9.17, 15) is 0 Å². The summed E-state index contributed by atoms with van der Waals surface area (Å²) in [5.74, 6) is 1.59. The van der Waals surface area contributed by atoms with Crippen LogP contribution in [0.25, 0.3) is 0 Å². The Morgan fingerprint density at radius 2 is 1.65 bits per heavy atom. The highest BCUT2D eigenvalue weighted by molar-refractivity contribution is 4.60. The molecule has 0 saturated heterocycles. The van der Waals surface area contributed by atoms with E-state index in [0.717, 1.165) is 19.0 Å². The van der Waals surface area contributed by atoms with Crippen molar-refractivity contribution in [1.29, 1.82) is 0 Å². The van der Waals surface area contributed by atoms with E-state index in [1.54, 1.807) is 0 Å². The molecule has 1 atom stereocenters. The molecule has 2 heteroatoms. The summed E-state index contributed by atoms with van der Waals surface area (Å²) in [5, 5.41) is 3.53. The first-order valence-electron chi connectivity index (χ1n) is 7.61. The number of rotatable bonds is 12. The molecular formula is C15H34N2. The van der Waals surface area contributed by atoms with Gasteiger partial charge in [-0.2, -0.15) is 0 Å². The Hall–Kier alpha value is -0.0800. The van der Waals surface area contributed by atoms with Crippen molar-refractivity contribution in [3.63, 3.8) is 0 Å². The number of nitrogens with one attached hydrogen (secondary N) is 1. The van der Waals surface area contributed by atoms with Crippen molar-refractivity contribution < 1.29 is 0 Å². The molecule has 0 spiro atoms. The normalized spacial score (nSPS) is 13.2. The molecule has 0 aromatic carbocycles. The zero-order valence-corrected chi connectivity index (χ0v) is 12.3. The summed E-state index contributed by atoms with van der Waals surface area (Å²) in [5.41, 5.74) is 5.68. The largest absolute Gasteiger partial charge is 0.330 e. The molecule has 0 heterocycles. The van der Waals surface area contributed by atoms with E-state index < -0.39 is 0 Å². The highest BCUT2D eigenvalue weighted by atomic mass is 14.8. The van der Waals surface area contributed by atoms with E-state index in [0.29, 0.717) is 5.92 Å². The van der Waals surface area contributed by atoms with Gasteiger partial charge in [0.25, 0.3) is 0 Å². The lowest BCUT2D eigenvalue weighted by molar-refractivity contribution is 0.454. The summed E-state index contributed by atoms with van der Waals surface area (Å²) in [4.78, 5) is 0. The summed E-state index contributed by atoms with van der Waals surface area (Å²) in [7, 11) is 0. The predicted octanol–water partition coefficient (Wildman–Crippen LogP) is 3.56. The Labute approximate surface area is 109 Å². The molecule has 104 valence electrons. The van der Waals surface area contributed by atoms with Crippen molar-refractivity contribution in [1.82, 2.24) is 5.32 Å². The quantitative estimate of drug-likeness (QED) is 0.514. The predicted molar refractivity (Wildman–Crippen MR) is 78.2 cm³/mol. The number of nitrogens with two attached hydrogens (primary N) is 1. The molecule has 0 bridgehead atoms. The van der Waals surface area contributed by atoms with Gasteiger partial charge in [-0.3, -0.25) is 0 Å². The second kappa shape index (κ2) is 12.4. The molecule has 0 aliphatic heterocycles. The van der Waals surface area contributed by atoms with Gasteiger partial charge in [0.1, 0.15) is 0 Å². The maximum atomic E-state index is 5.68. The first-order chi connectivity index (χ1) is 8.20. The lowest BCUT2D eigenvalue weighted by atomic mass is 10.0. The minimum atomic E-state index is 0.716. The van der Waals surface area contributed by atoms with Crippen molar-refractivity contribution in [2.45, 2.75) is 65.7 Å². The molecule has 0 rings (SSSR count). The zero-order chi connectivity index (χ0) is 12.9. The maximum Gasteiger partial charge on any atom is -0.00458 e. The van der Waals surface area contributed by atoms with Gasteiger partial charge < -0.3 is 11.1 Å². The van der Waals surface area contributed by atoms with Gasteiger partial charge in [0, 0.05) is 0 Å².